The smallest absolute Gasteiger partial charge is 0.129 e. The van der Waals surface area contributed by atoms with Crippen molar-refractivity contribution in [2.75, 3.05) is 0 Å². The average Bonchev–Trinajstić information content (AvgIpc) is 2.04. The van der Waals surface area contributed by atoms with Crippen LogP contribution in [0, 0.1) is 0 Å². The molecule has 0 aliphatic rings. The van der Waals surface area contributed by atoms with Gasteiger partial charge in [0, 0.05) is 0 Å². The van der Waals surface area contributed by atoms with Crippen LogP contribution in [0.25, 0.3) is 11.0 Å². The molecule has 0 saturated heterocycles. The number of fused-ring (bicyclic) bond motifs is 1. The van der Waals surface area contributed by atoms with Gasteiger partial charge in [-0.15, -0.1) is 0 Å². The van der Waals surface area contributed by atoms with E-state index in [-0.39, 0.29) is 0 Å². The molecule has 2 aromatic heterocycles. The molecule has 0 aromatic carbocycles. The molecule has 2 aromatic rings. The van der Waals surface area contributed by atoms with Crippen LogP contribution in [0.4, 0.5) is 0 Å². The van der Waals surface area contributed by atoms with Crippen molar-refractivity contribution in [3.05, 3.63) is 29.8 Å². The summed E-state index contributed by atoms with van der Waals surface area (Å²) in [4.78, 5) is 11.8. The first kappa shape index (κ1) is 6.49. The van der Waals surface area contributed by atoms with Crippen molar-refractivity contribution in [3.63, 3.8) is 0 Å². The van der Waals surface area contributed by atoms with Gasteiger partial charge in [0.25, 0.3) is 0 Å². The highest BCUT2D eigenvalue weighted by Crippen LogP contribution is 2.10. The van der Waals surface area contributed by atoms with E-state index >= 15 is 0 Å². The molecule has 0 aliphatic carbocycles. The van der Waals surface area contributed by atoms with Crippen molar-refractivity contribution >= 4 is 22.6 Å². The third-order valence-corrected chi connectivity index (χ3v) is 1.54. The molecular weight excluding hydrogens is 162 g/mol. The molecule has 0 saturated carbocycles. The standard InChI is InChI=1S/C7H4ClN3/c8-7-2-1-5-6(11-7)3-9-4-10-5/h1-4H. The zero-order chi connectivity index (χ0) is 7.68. The molecule has 0 bridgehead atoms. The van der Waals surface area contributed by atoms with Crippen LogP contribution in [0.15, 0.2) is 24.7 Å². The zero-order valence-electron chi connectivity index (χ0n) is 5.53. The van der Waals surface area contributed by atoms with Crippen LogP contribution in [0.3, 0.4) is 0 Å². The Morgan fingerprint density at radius 3 is 3.00 bits per heavy atom. The maximum absolute atomic E-state index is 5.65. The number of hydrogen-bond donors (Lipinski definition) is 0. The minimum atomic E-state index is 0.465. The molecule has 2 heterocycles. The molecule has 0 fully saturated rings. The first-order valence-electron chi connectivity index (χ1n) is 3.08. The number of rotatable bonds is 0. The Morgan fingerprint density at radius 2 is 2.09 bits per heavy atom. The van der Waals surface area contributed by atoms with E-state index < -0.39 is 0 Å². The summed E-state index contributed by atoms with van der Waals surface area (Å²) in [5.41, 5.74) is 1.53. The van der Waals surface area contributed by atoms with Crippen LogP contribution in [0.2, 0.25) is 5.15 Å². The second kappa shape index (κ2) is 2.43. The average molecular weight is 166 g/mol. The van der Waals surface area contributed by atoms with Crippen LogP contribution in [0.1, 0.15) is 0 Å². The van der Waals surface area contributed by atoms with Gasteiger partial charge < -0.3 is 0 Å². The third-order valence-electron chi connectivity index (χ3n) is 1.33. The summed E-state index contributed by atoms with van der Waals surface area (Å²) >= 11 is 5.65. The summed E-state index contributed by atoms with van der Waals surface area (Å²) in [7, 11) is 0. The molecule has 0 unspecified atom stereocenters. The maximum Gasteiger partial charge on any atom is 0.129 e. The summed E-state index contributed by atoms with van der Waals surface area (Å²) in [5.74, 6) is 0. The Morgan fingerprint density at radius 1 is 1.18 bits per heavy atom. The summed E-state index contributed by atoms with van der Waals surface area (Å²) in [6.45, 7) is 0. The van der Waals surface area contributed by atoms with Crippen LogP contribution in [0.5, 0.6) is 0 Å². The van der Waals surface area contributed by atoms with Crippen LogP contribution in [-0.4, -0.2) is 15.0 Å². The number of pyridine rings is 1. The van der Waals surface area contributed by atoms with Crippen molar-refractivity contribution < 1.29 is 0 Å². The summed E-state index contributed by atoms with van der Waals surface area (Å²) in [6, 6.07) is 3.52. The van der Waals surface area contributed by atoms with Gasteiger partial charge in [0.2, 0.25) is 0 Å². The van der Waals surface area contributed by atoms with Crippen LogP contribution >= 0.6 is 11.6 Å². The maximum atomic E-state index is 5.65. The molecule has 3 nitrogen and oxygen atoms in total. The molecule has 0 radical (unpaired) electrons. The van der Waals surface area contributed by atoms with Crippen molar-refractivity contribution in [2.45, 2.75) is 0 Å². The Bertz CT molecular complexity index is 388. The van der Waals surface area contributed by atoms with E-state index in [0.29, 0.717) is 5.15 Å². The van der Waals surface area contributed by atoms with Crippen LogP contribution in [-0.2, 0) is 0 Å². The molecule has 2 rings (SSSR count). The van der Waals surface area contributed by atoms with E-state index in [1.807, 2.05) is 6.07 Å². The second-order valence-electron chi connectivity index (χ2n) is 2.06. The van der Waals surface area contributed by atoms with E-state index in [9.17, 15) is 0 Å². The first-order chi connectivity index (χ1) is 5.36. The van der Waals surface area contributed by atoms with Gasteiger partial charge >= 0.3 is 0 Å². The highest BCUT2D eigenvalue weighted by atomic mass is 35.5. The molecule has 0 amide bonds. The van der Waals surface area contributed by atoms with Gasteiger partial charge in [0.15, 0.2) is 0 Å². The third kappa shape index (κ3) is 1.14. The summed E-state index contributed by atoms with van der Waals surface area (Å²) < 4.78 is 0. The first-order valence-corrected chi connectivity index (χ1v) is 3.46. The van der Waals surface area contributed by atoms with Crippen molar-refractivity contribution in [2.24, 2.45) is 0 Å². The zero-order valence-corrected chi connectivity index (χ0v) is 6.28. The molecular formula is C7H4ClN3. The van der Waals surface area contributed by atoms with Crippen molar-refractivity contribution in [1.82, 2.24) is 15.0 Å². The molecule has 0 atom stereocenters. The fraction of sp³-hybridized carbons (Fsp3) is 0. The SMILES string of the molecule is Clc1ccc2ncncc2n1. The van der Waals surface area contributed by atoms with Crippen LogP contribution < -0.4 is 0 Å². The lowest BCUT2D eigenvalue weighted by molar-refractivity contribution is 1.20. The van der Waals surface area contributed by atoms with Gasteiger partial charge in [-0.1, -0.05) is 11.6 Å². The molecule has 0 spiro atoms. The molecule has 54 valence electrons. The Labute approximate surface area is 68.1 Å². The van der Waals surface area contributed by atoms with Gasteiger partial charge in [-0.25, -0.2) is 15.0 Å². The lowest BCUT2D eigenvalue weighted by Gasteiger charge is -1.93. The minimum absolute atomic E-state index is 0.465. The largest absolute Gasteiger partial charge is 0.243 e. The fourth-order valence-electron chi connectivity index (χ4n) is 0.846. The van der Waals surface area contributed by atoms with E-state index in [4.69, 9.17) is 11.6 Å². The van der Waals surface area contributed by atoms with Gasteiger partial charge in [-0.2, -0.15) is 0 Å². The second-order valence-corrected chi connectivity index (χ2v) is 2.45. The van der Waals surface area contributed by atoms with Gasteiger partial charge in [-0.05, 0) is 12.1 Å². The summed E-state index contributed by atoms with van der Waals surface area (Å²) in [6.07, 6.45) is 3.12. The number of aromatic nitrogens is 3. The minimum Gasteiger partial charge on any atom is -0.243 e. The van der Waals surface area contributed by atoms with E-state index in [1.54, 1.807) is 12.3 Å². The predicted octanol–water partition coefficient (Wildman–Crippen LogP) is 1.68. The van der Waals surface area contributed by atoms with Gasteiger partial charge in [0.1, 0.15) is 17.0 Å². The number of hydrogen-bond acceptors (Lipinski definition) is 3. The lowest BCUT2D eigenvalue weighted by atomic mass is 10.4. The van der Waals surface area contributed by atoms with E-state index in [1.165, 1.54) is 6.33 Å². The van der Waals surface area contributed by atoms with E-state index in [2.05, 4.69) is 15.0 Å². The monoisotopic (exact) mass is 165 g/mol. The highest BCUT2D eigenvalue weighted by molar-refractivity contribution is 6.29. The number of halogens is 1. The van der Waals surface area contributed by atoms with Gasteiger partial charge in [0.05, 0.1) is 11.7 Å². The normalized spacial score (nSPS) is 10.3. The quantitative estimate of drug-likeness (QED) is 0.558. The highest BCUT2D eigenvalue weighted by Gasteiger charge is 1.94. The molecule has 11 heavy (non-hydrogen) atoms. The predicted molar refractivity (Wildman–Crippen MR) is 42.3 cm³/mol. The Balaban J connectivity index is 2.83. The number of nitrogens with zero attached hydrogens (tertiary/aromatic N) is 3. The molecule has 0 aliphatic heterocycles. The Kier molecular flexibility index (Phi) is 1.43. The Hall–Kier alpha value is -1.22. The molecule has 4 heteroatoms. The topological polar surface area (TPSA) is 38.7 Å². The van der Waals surface area contributed by atoms with Gasteiger partial charge in [-0.3, -0.25) is 0 Å². The van der Waals surface area contributed by atoms with Crippen molar-refractivity contribution in [1.29, 1.82) is 0 Å². The fourth-order valence-corrected chi connectivity index (χ4v) is 1.00. The lowest BCUT2D eigenvalue weighted by Crippen LogP contribution is -1.83. The van der Waals surface area contributed by atoms with Crippen molar-refractivity contribution in [3.8, 4) is 0 Å². The molecule has 0 N–H and O–H groups in total. The summed E-state index contributed by atoms with van der Waals surface area (Å²) in [5, 5.41) is 0.465. The van der Waals surface area contributed by atoms with E-state index in [0.717, 1.165) is 11.0 Å².